The van der Waals surface area contributed by atoms with Crippen molar-refractivity contribution in [3.8, 4) is 0 Å². The highest BCUT2D eigenvalue weighted by atomic mass is 79.9. The van der Waals surface area contributed by atoms with E-state index in [1.807, 2.05) is 39.0 Å². The molecule has 2 nitrogen and oxygen atoms in total. The molecule has 1 aromatic carbocycles. The molecule has 0 fully saturated rings. The summed E-state index contributed by atoms with van der Waals surface area (Å²) in [7, 11) is 0. The molecular formula is C13H18BrNO. The van der Waals surface area contributed by atoms with Crippen molar-refractivity contribution in [2.45, 2.75) is 27.2 Å². The molecule has 3 heteroatoms. The van der Waals surface area contributed by atoms with Crippen molar-refractivity contribution in [1.82, 2.24) is 5.32 Å². The van der Waals surface area contributed by atoms with Crippen LogP contribution >= 0.6 is 15.9 Å². The Kier molecular flexibility index (Phi) is 4.54. The average Bonchev–Trinajstić information content (AvgIpc) is 2.19. The molecule has 0 bridgehead atoms. The van der Waals surface area contributed by atoms with Gasteiger partial charge in [0, 0.05) is 16.4 Å². The Labute approximate surface area is 106 Å². The predicted octanol–water partition coefficient (Wildman–Crippen LogP) is 3.15. The molecule has 0 spiro atoms. The topological polar surface area (TPSA) is 29.1 Å². The lowest BCUT2D eigenvalue weighted by Gasteiger charge is -2.17. The summed E-state index contributed by atoms with van der Waals surface area (Å²) in [6.07, 6.45) is 0.850. The first-order chi connectivity index (χ1) is 7.41. The number of amides is 1. The van der Waals surface area contributed by atoms with Crippen molar-refractivity contribution in [2.24, 2.45) is 5.41 Å². The van der Waals surface area contributed by atoms with Crippen LogP contribution in [0.25, 0.3) is 0 Å². The van der Waals surface area contributed by atoms with E-state index in [2.05, 4.69) is 27.3 Å². The highest BCUT2D eigenvalue weighted by molar-refractivity contribution is 9.10. The lowest BCUT2D eigenvalue weighted by Crippen LogP contribution is -2.35. The second kappa shape index (κ2) is 5.48. The summed E-state index contributed by atoms with van der Waals surface area (Å²) in [6.45, 7) is 6.43. The Balaban J connectivity index is 2.43. The first kappa shape index (κ1) is 13.2. The Morgan fingerprint density at radius 1 is 1.31 bits per heavy atom. The summed E-state index contributed by atoms with van der Waals surface area (Å²) >= 11 is 3.49. The zero-order chi connectivity index (χ0) is 12.2. The molecule has 0 aliphatic rings. The Bertz CT molecular complexity index is 368. The fourth-order valence-electron chi connectivity index (χ4n) is 1.28. The molecule has 1 amide bonds. The van der Waals surface area contributed by atoms with Crippen LogP contribution in [0.5, 0.6) is 0 Å². The van der Waals surface area contributed by atoms with E-state index < -0.39 is 0 Å². The molecule has 0 aliphatic carbocycles. The Morgan fingerprint density at radius 2 is 1.94 bits per heavy atom. The molecule has 0 saturated heterocycles. The van der Waals surface area contributed by atoms with Gasteiger partial charge < -0.3 is 5.32 Å². The molecule has 1 aromatic rings. The smallest absolute Gasteiger partial charge is 0.225 e. The molecule has 88 valence electrons. The molecule has 0 aromatic heterocycles. The number of rotatable bonds is 3. The third-order valence-corrected chi connectivity index (χ3v) is 3.09. The normalized spacial score (nSPS) is 11.2. The van der Waals surface area contributed by atoms with Crippen LogP contribution in [0.15, 0.2) is 28.7 Å². The molecule has 0 saturated carbocycles. The number of benzene rings is 1. The van der Waals surface area contributed by atoms with Crippen LogP contribution in [0, 0.1) is 5.41 Å². The highest BCUT2D eigenvalue weighted by Crippen LogP contribution is 2.16. The molecule has 0 unspecified atom stereocenters. The van der Waals surface area contributed by atoms with Crippen molar-refractivity contribution < 1.29 is 4.79 Å². The van der Waals surface area contributed by atoms with E-state index in [4.69, 9.17) is 0 Å². The van der Waals surface area contributed by atoms with Crippen molar-refractivity contribution in [1.29, 1.82) is 0 Å². The molecular weight excluding hydrogens is 266 g/mol. The fraction of sp³-hybridized carbons (Fsp3) is 0.462. The maximum Gasteiger partial charge on any atom is 0.225 e. The van der Waals surface area contributed by atoms with Crippen LogP contribution in [0.2, 0.25) is 0 Å². The number of hydrogen-bond donors (Lipinski definition) is 1. The molecule has 16 heavy (non-hydrogen) atoms. The maximum atomic E-state index is 11.6. The van der Waals surface area contributed by atoms with E-state index in [0.29, 0.717) is 6.54 Å². The molecule has 0 heterocycles. The number of nitrogens with one attached hydrogen (secondary N) is 1. The Hall–Kier alpha value is -0.830. The van der Waals surface area contributed by atoms with Gasteiger partial charge >= 0.3 is 0 Å². The number of halogens is 1. The fourth-order valence-corrected chi connectivity index (χ4v) is 1.76. The molecule has 0 radical (unpaired) electrons. The Morgan fingerprint density at radius 3 is 2.50 bits per heavy atom. The minimum Gasteiger partial charge on any atom is -0.355 e. The van der Waals surface area contributed by atoms with Crippen molar-refractivity contribution in [3.63, 3.8) is 0 Å². The van der Waals surface area contributed by atoms with E-state index in [1.165, 1.54) is 5.56 Å². The van der Waals surface area contributed by atoms with E-state index in [9.17, 15) is 4.79 Å². The van der Waals surface area contributed by atoms with Gasteiger partial charge in [-0.1, -0.05) is 54.9 Å². The first-order valence-corrected chi connectivity index (χ1v) is 6.22. The van der Waals surface area contributed by atoms with Gasteiger partial charge in [0.25, 0.3) is 0 Å². The van der Waals surface area contributed by atoms with Crippen LogP contribution in [0.3, 0.4) is 0 Å². The second-order valence-corrected chi connectivity index (χ2v) is 5.70. The monoisotopic (exact) mass is 283 g/mol. The third-order valence-electron chi connectivity index (χ3n) is 2.32. The summed E-state index contributed by atoms with van der Waals surface area (Å²) < 4.78 is 1.10. The quantitative estimate of drug-likeness (QED) is 0.907. The summed E-state index contributed by atoms with van der Waals surface area (Å²) in [6, 6.07) is 8.07. The van der Waals surface area contributed by atoms with Gasteiger partial charge in [-0.2, -0.15) is 0 Å². The standard InChI is InChI=1S/C13H18BrNO/c1-13(2,3)12(16)15-9-8-10-6-4-5-7-11(10)14/h4-7H,8-9H2,1-3H3,(H,15,16). The van der Waals surface area contributed by atoms with E-state index >= 15 is 0 Å². The van der Waals surface area contributed by atoms with Gasteiger partial charge in [-0.3, -0.25) is 4.79 Å². The van der Waals surface area contributed by atoms with E-state index in [-0.39, 0.29) is 11.3 Å². The molecule has 1 N–H and O–H groups in total. The van der Waals surface area contributed by atoms with E-state index in [1.54, 1.807) is 0 Å². The zero-order valence-electron chi connectivity index (χ0n) is 10.0. The average molecular weight is 284 g/mol. The van der Waals surface area contributed by atoms with Crippen molar-refractivity contribution in [3.05, 3.63) is 34.3 Å². The third kappa shape index (κ3) is 3.97. The van der Waals surface area contributed by atoms with Crippen LogP contribution in [-0.2, 0) is 11.2 Å². The predicted molar refractivity (Wildman–Crippen MR) is 70.3 cm³/mol. The van der Waals surface area contributed by atoms with Crippen LogP contribution in [0.4, 0.5) is 0 Å². The minimum atomic E-state index is -0.312. The summed E-state index contributed by atoms with van der Waals surface area (Å²) in [5.74, 6) is 0.0968. The number of carbonyl (C=O) groups is 1. The number of carbonyl (C=O) groups excluding carboxylic acids is 1. The molecule has 1 rings (SSSR count). The van der Waals surface area contributed by atoms with Crippen molar-refractivity contribution in [2.75, 3.05) is 6.54 Å². The largest absolute Gasteiger partial charge is 0.355 e. The number of hydrogen-bond acceptors (Lipinski definition) is 1. The van der Waals surface area contributed by atoms with Gasteiger partial charge in [0.15, 0.2) is 0 Å². The lowest BCUT2D eigenvalue weighted by atomic mass is 9.95. The summed E-state index contributed by atoms with van der Waals surface area (Å²) in [5.41, 5.74) is 0.908. The van der Waals surface area contributed by atoms with Gasteiger partial charge in [-0.05, 0) is 18.1 Å². The SMILES string of the molecule is CC(C)(C)C(=O)NCCc1ccccc1Br. The maximum absolute atomic E-state index is 11.6. The minimum absolute atomic E-state index is 0.0968. The summed E-state index contributed by atoms with van der Waals surface area (Å²) in [4.78, 5) is 11.6. The van der Waals surface area contributed by atoms with Gasteiger partial charge in [-0.25, -0.2) is 0 Å². The van der Waals surface area contributed by atoms with Gasteiger partial charge in [0.2, 0.25) is 5.91 Å². The van der Waals surface area contributed by atoms with Gasteiger partial charge in [0.05, 0.1) is 0 Å². The van der Waals surface area contributed by atoms with Gasteiger partial charge in [-0.15, -0.1) is 0 Å². The van der Waals surface area contributed by atoms with E-state index in [0.717, 1.165) is 10.9 Å². The van der Waals surface area contributed by atoms with Crippen LogP contribution in [0.1, 0.15) is 26.3 Å². The first-order valence-electron chi connectivity index (χ1n) is 5.43. The van der Waals surface area contributed by atoms with Gasteiger partial charge in [0.1, 0.15) is 0 Å². The lowest BCUT2D eigenvalue weighted by molar-refractivity contribution is -0.128. The highest BCUT2D eigenvalue weighted by Gasteiger charge is 2.20. The van der Waals surface area contributed by atoms with Crippen LogP contribution in [-0.4, -0.2) is 12.5 Å². The second-order valence-electron chi connectivity index (χ2n) is 4.85. The van der Waals surface area contributed by atoms with Crippen molar-refractivity contribution >= 4 is 21.8 Å². The van der Waals surface area contributed by atoms with Crippen LogP contribution < -0.4 is 5.32 Å². The summed E-state index contributed by atoms with van der Waals surface area (Å²) in [5, 5.41) is 2.94. The molecule has 0 aliphatic heterocycles. The zero-order valence-corrected chi connectivity index (χ0v) is 11.6. The molecule has 0 atom stereocenters.